The van der Waals surface area contributed by atoms with Gasteiger partial charge in [-0.2, -0.15) is 0 Å². The van der Waals surface area contributed by atoms with E-state index < -0.39 is 11.7 Å². The lowest BCUT2D eigenvalue weighted by Crippen LogP contribution is -2.63. The fraction of sp³-hybridized carbons (Fsp3) is 0.917. The summed E-state index contributed by atoms with van der Waals surface area (Å²) in [6.45, 7) is 7.85. The largest absolute Gasteiger partial charge is 0.444 e. The minimum atomic E-state index is -0.456. The van der Waals surface area contributed by atoms with Gasteiger partial charge >= 0.3 is 6.09 Å². The first-order chi connectivity index (χ1) is 7.80. The molecule has 2 aliphatic heterocycles. The van der Waals surface area contributed by atoms with E-state index in [9.17, 15) is 9.90 Å². The molecular weight excluding hydrogens is 222 g/mol. The number of ether oxygens (including phenoxy) is 2. The molecule has 0 saturated carbocycles. The summed E-state index contributed by atoms with van der Waals surface area (Å²) in [6, 6.07) is 0. The van der Waals surface area contributed by atoms with E-state index in [1.54, 1.807) is 4.90 Å². The molecule has 1 atom stereocenters. The second-order valence-electron chi connectivity index (χ2n) is 6.21. The predicted octanol–water partition coefficient (Wildman–Crippen LogP) is 1.00. The fourth-order valence-corrected chi connectivity index (χ4v) is 2.47. The van der Waals surface area contributed by atoms with Crippen molar-refractivity contribution in [3.05, 3.63) is 0 Å². The van der Waals surface area contributed by atoms with Gasteiger partial charge in [-0.15, -0.1) is 0 Å². The quantitative estimate of drug-likeness (QED) is 0.689. The van der Waals surface area contributed by atoms with Gasteiger partial charge in [0.2, 0.25) is 0 Å². The molecule has 0 bridgehead atoms. The highest BCUT2D eigenvalue weighted by molar-refractivity contribution is 5.69. The molecule has 0 aromatic carbocycles. The molecule has 2 heterocycles. The maximum Gasteiger partial charge on any atom is 0.410 e. The van der Waals surface area contributed by atoms with Crippen LogP contribution in [-0.4, -0.2) is 54.1 Å². The molecule has 2 aliphatic rings. The number of carbonyl (C=O) groups excluding carboxylic acids is 1. The molecule has 0 aromatic rings. The van der Waals surface area contributed by atoms with Gasteiger partial charge in [0.1, 0.15) is 5.60 Å². The van der Waals surface area contributed by atoms with Crippen molar-refractivity contribution >= 4 is 6.09 Å². The molecule has 0 radical (unpaired) electrons. The molecule has 2 fully saturated rings. The summed E-state index contributed by atoms with van der Waals surface area (Å²) in [5.74, 6) is 0. The Morgan fingerprint density at radius 3 is 2.65 bits per heavy atom. The maximum absolute atomic E-state index is 11.7. The Kier molecular flexibility index (Phi) is 3.08. The summed E-state index contributed by atoms with van der Waals surface area (Å²) in [6.07, 6.45) is 0.0412. The Morgan fingerprint density at radius 2 is 2.12 bits per heavy atom. The minimum absolute atomic E-state index is 0.0471. The summed E-state index contributed by atoms with van der Waals surface area (Å²) < 4.78 is 10.6. The number of rotatable bonds is 0. The molecular formula is C12H21NO4. The van der Waals surface area contributed by atoms with Crippen LogP contribution in [0.15, 0.2) is 0 Å². The van der Waals surface area contributed by atoms with Crippen LogP contribution in [0.2, 0.25) is 0 Å². The van der Waals surface area contributed by atoms with E-state index >= 15 is 0 Å². The van der Waals surface area contributed by atoms with Crippen LogP contribution >= 0.6 is 0 Å². The summed E-state index contributed by atoms with van der Waals surface area (Å²) in [5, 5.41) is 9.56. The van der Waals surface area contributed by atoms with E-state index in [1.165, 1.54) is 0 Å². The van der Waals surface area contributed by atoms with Gasteiger partial charge in [-0.1, -0.05) is 0 Å². The number of likely N-dealkylation sites (tertiary alicyclic amines) is 1. The van der Waals surface area contributed by atoms with Gasteiger partial charge in [0.25, 0.3) is 0 Å². The second-order valence-corrected chi connectivity index (χ2v) is 6.21. The Bertz CT molecular complexity index is 304. The van der Waals surface area contributed by atoms with Crippen LogP contribution in [0.3, 0.4) is 0 Å². The van der Waals surface area contributed by atoms with E-state index in [0.29, 0.717) is 32.7 Å². The molecule has 5 heteroatoms. The molecule has 1 N–H and O–H groups in total. The third-order valence-corrected chi connectivity index (χ3v) is 3.09. The van der Waals surface area contributed by atoms with E-state index in [4.69, 9.17) is 9.47 Å². The first-order valence-electron chi connectivity index (χ1n) is 6.03. The van der Waals surface area contributed by atoms with Crippen molar-refractivity contribution in [2.45, 2.75) is 38.9 Å². The highest BCUT2D eigenvalue weighted by Gasteiger charge is 2.49. The molecule has 2 rings (SSSR count). The first kappa shape index (κ1) is 12.6. The van der Waals surface area contributed by atoms with Gasteiger partial charge in [-0.05, 0) is 27.2 Å². The van der Waals surface area contributed by atoms with Crippen molar-refractivity contribution in [2.24, 2.45) is 5.41 Å². The highest BCUT2D eigenvalue weighted by atomic mass is 16.6. The van der Waals surface area contributed by atoms with Crippen molar-refractivity contribution in [2.75, 3.05) is 26.3 Å². The normalized spacial score (nSPS) is 27.8. The van der Waals surface area contributed by atoms with Crippen LogP contribution in [0.5, 0.6) is 0 Å². The number of amides is 1. The van der Waals surface area contributed by atoms with Gasteiger partial charge in [-0.3, -0.25) is 0 Å². The molecule has 1 unspecified atom stereocenters. The average Bonchev–Trinajstić information content (AvgIpc) is 2.10. The molecule has 0 aromatic heterocycles. The minimum Gasteiger partial charge on any atom is -0.444 e. The average molecular weight is 243 g/mol. The standard InChI is InChI=1S/C12H21NO4/c1-11(2,3)17-10(15)13-6-12(7-13)4-9(14)5-16-8-12/h9,14H,4-8H2,1-3H3. The zero-order chi connectivity index (χ0) is 12.7. The van der Waals surface area contributed by atoms with Crippen molar-refractivity contribution < 1.29 is 19.4 Å². The van der Waals surface area contributed by atoms with E-state index in [0.717, 1.165) is 0 Å². The van der Waals surface area contributed by atoms with E-state index in [2.05, 4.69) is 0 Å². The molecule has 17 heavy (non-hydrogen) atoms. The first-order valence-corrected chi connectivity index (χ1v) is 6.03. The molecule has 1 amide bonds. The van der Waals surface area contributed by atoms with Crippen LogP contribution in [0.4, 0.5) is 4.79 Å². The van der Waals surface area contributed by atoms with Gasteiger partial charge in [0.15, 0.2) is 0 Å². The van der Waals surface area contributed by atoms with Crippen molar-refractivity contribution in [3.63, 3.8) is 0 Å². The predicted molar refractivity (Wildman–Crippen MR) is 61.7 cm³/mol. The third kappa shape index (κ3) is 2.90. The Balaban J connectivity index is 1.83. The van der Waals surface area contributed by atoms with Gasteiger partial charge in [0, 0.05) is 18.5 Å². The SMILES string of the molecule is CC(C)(C)OC(=O)N1CC2(COCC(O)C2)C1. The lowest BCUT2D eigenvalue weighted by molar-refractivity contribution is -0.139. The van der Waals surface area contributed by atoms with Crippen LogP contribution in [0, 0.1) is 5.41 Å². The summed E-state index contributed by atoms with van der Waals surface area (Å²) in [5.41, 5.74) is -0.503. The molecule has 0 aliphatic carbocycles. The van der Waals surface area contributed by atoms with Gasteiger partial charge in [0.05, 0.1) is 19.3 Å². The summed E-state index contributed by atoms with van der Waals surface area (Å²) >= 11 is 0. The van der Waals surface area contributed by atoms with Crippen LogP contribution in [0.25, 0.3) is 0 Å². The fourth-order valence-electron chi connectivity index (χ4n) is 2.47. The molecule has 2 saturated heterocycles. The third-order valence-electron chi connectivity index (χ3n) is 3.09. The van der Waals surface area contributed by atoms with Crippen LogP contribution in [0.1, 0.15) is 27.2 Å². The van der Waals surface area contributed by atoms with E-state index in [-0.39, 0.29) is 11.5 Å². The van der Waals surface area contributed by atoms with Crippen LogP contribution in [-0.2, 0) is 9.47 Å². The maximum atomic E-state index is 11.7. The van der Waals surface area contributed by atoms with E-state index in [1.807, 2.05) is 20.8 Å². The topological polar surface area (TPSA) is 59.0 Å². The van der Waals surface area contributed by atoms with Crippen molar-refractivity contribution in [3.8, 4) is 0 Å². The molecule has 98 valence electrons. The zero-order valence-electron chi connectivity index (χ0n) is 10.7. The Hall–Kier alpha value is -0.810. The highest BCUT2D eigenvalue weighted by Crippen LogP contribution is 2.38. The zero-order valence-corrected chi connectivity index (χ0v) is 10.7. The lowest BCUT2D eigenvalue weighted by atomic mass is 9.75. The lowest BCUT2D eigenvalue weighted by Gasteiger charge is -2.52. The Labute approximate surface area is 102 Å². The van der Waals surface area contributed by atoms with Crippen LogP contribution < -0.4 is 0 Å². The monoisotopic (exact) mass is 243 g/mol. The second kappa shape index (κ2) is 4.14. The molecule has 1 spiro atoms. The Morgan fingerprint density at radius 1 is 1.47 bits per heavy atom. The van der Waals surface area contributed by atoms with Gasteiger partial charge < -0.3 is 19.5 Å². The van der Waals surface area contributed by atoms with Crippen molar-refractivity contribution in [1.29, 1.82) is 0 Å². The number of carbonyl (C=O) groups is 1. The number of aliphatic hydroxyl groups excluding tert-OH is 1. The smallest absolute Gasteiger partial charge is 0.410 e. The molecule has 5 nitrogen and oxygen atoms in total. The summed E-state index contributed by atoms with van der Waals surface area (Å²) in [7, 11) is 0. The number of nitrogens with zero attached hydrogens (tertiary/aromatic N) is 1. The number of hydrogen-bond donors (Lipinski definition) is 1. The van der Waals surface area contributed by atoms with Crippen molar-refractivity contribution in [1.82, 2.24) is 4.90 Å². The summed E-state index contributed by atoms with van der Waals surface area (Å²) in [4.78, 5) is 13.4. The van der Waals surface area contributed by atoms with Gasteiger partial charge in [-0.25, -0.2) is 4.79 Å². The number of aliphatic hydroxyl groups is 1. The number of hydrogen-bond acceptors (Lipinski definition) is 4.